The zero-order chi connectivity index (χ0) is 98.2. The molecule has 0 aliphatic heterocycles. The maximum atomic E-state index is 15.0. The van der Waals surface area contributed by atoms with Crippen molar-refractivity contribution in [3.63, 3.8) is 0 Å². The van der Waals surface area contributed by atoms with Gasteiger partial charge < -0.3 is 38.6 Å². The molecule has 4 fully saturated rings. The average Bonchev–Trinajstić information content (AvgIpc) is 1.67. The minimum atomic E-state index is -2.68. The first kappa shape index (κ1) is 103. The molecule has 0 amide bonds. The summed E-state index contributed by atoms with van der Waals surface area (Å²) < 4.78 is 156. The number of halogens is 10. The highest BCUT2D eigenvalue weighted by atomic mass is 35.5. The number of phenolic OH excluding ortho intramolecular Hbond substituents is 2. The van der Waals surface area contributed by atoms with Gasteiger partial charge in [0, 0.05) is 39.3 Å². The Hall–Kier alpha value is -11.8. The van der Waals surface area contributed by atoms with Gasteiger partial charge in [0.15, 0.2) is 0 Å². The van der Waals surface area contributed by atoms with Gasteiger partial charge in [-0.2, -0.15) is 0 Å². The predicted octanol–water partition coefficient (Wildman–Crippen LogP) is 30.8. The fourth-order valence-corrected chi connectivity index (χ4v) is 19.4. The van der Waals surface area contributed by atoms with Crippen LogP contribution in [0.4, 0.5) is 39.5 Å². The van der Waals surface area contributed by atoms with Crippen molar-refractivity contribution < 1.29 is 97.3 Å². The molecule has 4 saturated carbocycles. The molecule has 2 N–H and O–H groups in total. The van der Waals surface area contributed by atoms with Crippen LogP contribution in [0.25, 0.3) is 50.1 Å². The number of aromatic hydroxyl groups is 2. The first-order chi connectivity index (χ1) is 65.6. The van der Waals surface area contributed by atoms with Gasteiger partial charge in [0.2, 0.25) is 0 Å². The van der Waals surface area contributed by atoms with Gasteiger partial charge >= 0.3 is 23.9 Å². The fourth-order valence-electron chi connectivity index (χ4n) is 19.2. The maximum Gasteiger partial charge on any atom is 0.306 e. The smallest absolute Gasteiger partial charge is 0.306 e. The van der Waals surface area contributed by atoms with Crippen LogP contribution in [0, 0.1) is 57.4 Å². The summed E-state index contributed by atoms with van der Waals surface area (Å²) in [7, 11) is 5.65. The van der Waals surface area contributed by atoms with E-state index in [0.717, 1.165) is 199 Å². The summed E-state index contributed by atoms with van der Waals surface area (Å²) in [5, 5.41) is 18.9. The Morgan fingerprint density at radius 2 is 0.599 bits per heavy atom. The third-order valence-electron chi connectivity index (χ3n) is 27.6. The lowest BCUT2D eigenvalue weighted by Gasteiger charge is -2.25. The molecule has 724 valence electrons. The summed E-state index contributed by atoms with van der Waals surface area (Å²) in [4.78, 5) is 46.6. The molecule has 0 aromatic heterocycles. The van der Waals surface area contributed by atoms with Crippen LogP contribution >= 0.6 is 11.6 Å². The summed E-state index contributed by atoms with van der Waals surface area (Å²) in [6, 6.07) is 57.5. The van der Waals surface area contributed by atoms with E-state index in [4.69, 9.17) is 40.0 Å². The zero-order valence-corrected chi connectivity index (χ0v) is 80.1. The molecule has 7 aliphatic rings. The number of hydrogen-bond donors (Lipinski definition) is 2. The van der Waals surface area contributed by atoms with Gasteiger partial charge in [-0.25, -0.2) is 39.5 Å². The summed E-state index contributed by atoms with van der Waals surface area (Å²) in [6.07, 6.45) is 14.8. The molecule has 22 heteroatoms. The first-order valence-corrected chi connectivity index (χ1v) is 47.7. The first-order valence-electron chi connectivity index (χ1n) is 47.2. The second-order valence-electron chi connectivity index (χ2n) is 38.8. The Morgan fingerprint density at radius 1 is 0.328 bits per heavy atom. The Kier molecular flexibility index (Phi) is 34.5. The highest BCUT2D eigenvalue weighted by Gasteiger charge is 2.40. The number of alkyl halides is 7. The number of carbonyl (C=O) groups is 4. The van der Waals surface area contributed by atoms with Crippen molar-refractivity contribution in [1.82, 2.24) is 0 Å². The van der Waals surface area contributed by atoms with E-state index in [1.807, 2.05) is 121 Å². The number of hydrogen-bond acceptors (Lipinski definition) is 12. The molecule has 12 nitrogen and oxygen atoms in total. The van der Waals surface area contributed by atoms with E-state index in [-0.39, 0.29) is 122 Å². The average molecular weight is 1900 g/mol. The zero-order valence-electron chi connectivity index (χ0n) is 79.3. The molecule has 0 radical (unpaired) electrons. The van der Waals surface area contributed by atoms with E-state index < -0.39 is 36.7 Å². The fraction of sp³-hybridized carbons (Fsp3) is 0.391. The molecule has 0 bridgehead atoms. The largest absolute Gasteiger partial charge is 0.508 e. The molecule has 0 heterocycles. The Bertz CT molecular complexity index is 5730. The molecule has 10 aromatic carbocycles. The van der Waals surface area contributed by atoms with E-state index in [0.29, 0.717) is 83.4 Å². The lowest BCUT2D eigenvalue weighted by molar-refractivity contribution is -0.142. The van der Waals surface area contributed by atoms with E-state index in [2.05, 4.69) is 59.8 Å². The van der Waals surface area contributed by atoms with Gasteiger partial charge in [-0.05, 0) is 346 Å². The van der Waals surface area contributed by atoms with Crippen LogP contribution in [0.3, 0.4) is 0 Å². The SMILES string of the molecule is CC1(C)CCC=C1c1cc(CCl)ccc1-c1cc(C(F)F)ccc1F.COC(=O)C[C@@H](c1cccc(O)c1)C1CC1.COC(=O)C[C@@H](c1cccc(OCc2ccc(-c3cc(C(F)F)ccc3F)c(C3=CCCC3(C)C)c2)c1)C1CC1.COC(=O)C[C@H](c1cccc(O)c1)C1CC1.COC(=O)C[C@H](c1cccc(OCc2ccc(-c3cc(C(F)F)ccc3F)c(C3=CCCC3(C)C)c2)c1)C1CC1. The monoisotopic (exact) mass is 1900 g/mol. The number of rotatable bonds is 32. The molecule has 17 rings (SSSR count). The predicted molar refractivity (Wildman–Crippen MR) is 519 cm³/mol. The summed E-state index contributed by atoms with van der Waals surface area (Å²) in [5.74, 6) is 2.64. The molecular weight excluding hydrogens is 1780 g/mol. The Morgan fingerprint density at radius 3 is 0.847 bits per heavy atom. The number of carbonyl (C=O) groups excluding carboxylic acids is 4. The minimum Gasteiger partial charge on any atom is -0.508 e. The topological polar surface area (TPSA) is 164 Å². The number of phenols is 2. The molecule has 137 heavy (non-hydrogen) atoms. The van der Waals surface area contributed by atoms with Crippen molar-refractivity contribution >= 4 is 52.2 Å². The lowest BCUT2D eigenvalue weighted by atomic mass is 9.79. The summed E-state index contributed by atoms with van der Waals surface area (Å²) in [5.41, 5.74) is 14.3. The van der Waals surface area contributed by atoms with Crippen LogP contribution in [-0.2, 0) is 57.2 Å². The number of ether oxygens (including phenoxy) is 6. The van der Waals surface area contributed by atoms with Crippen LogP contribution in [-0.4, -0.2) is 62.5 Å². The van der Waals surface area contributed by atoms with E-state index in [9.17, 15) is 68.9 Å². The second-order valence-corrected chi connectivity index (χ2v) is 39.1. The molecule has 10 aromatic rings. The van der Waals surface area contributed by atoms with Crippen molar-refractivity contribution in [3.05, 3.63) is 314 Å². The number of benzene rings is 10. The number of esters is 4. The van der Waals surface area contributed by atoms with Crippen molar-refractivity contribution in [2.24, 2.45) is 39.9 Å². The van der Waals surface area contributed by atoms with Gasteiger partial charge in [-0.3, -0.25) is 19.2 Å². The number of methoxy groups -OCH3 is 4. The van der Waals surface area contributed by atoms with E-state index >= 15 is 0 Å². The molecule has 0 saturated heterocycles. The summed E-state index contributed by atoms with van der Waals surface area (Å²) in [6.45, 7) is 13.5. The standard InChI is InChI=1S/2C34H35F3O3.C21H20ClF3.2C13H16O3/c2*1-34(2)15-5-8-30(34)28-16-21(9-13-26(28)29-18-24(33(36)37)12-14-31(29)35)20-40-25-7-4-6-23(17-25)27(22-10-11-22)19-32(38)39-3;1-21(2)9-3-4-18(21)16-10-13(12-22)5-7-15(16)17-11-14(20(24)25)6-8-19(17)23;2*1-16-13(15)8-12(9-5-6-9)10-3-2-4-11(14)7-10/h2*4,6-9,12-14,16-18,22,27,33H,5,10-11,15,19-20H2,1-3H3;4-8,10-11,20H,3,9,12H2,1-2H3;2*2-4,7,9,12,14H,5-6,8H2,1H3/t2*27-;;2*12-/m10.10/s1. The molecule has 4 atom stereocenters. The minimum absolute atomic E-state index is 0.0452. The van der Waals surface area contributed by atoms with Crippen molar-refractivity contribution in [3.8, 4) is 56.4 Å². The van der Waals surface area contributed by atoms with Crippen LogP contribution in [0.1, 0.15) is 272 Å². The highest BCUT2D eigenvalue weighted by molar-refractivity contribution is 6.17. The van der Waals surface area contributed by atoms with Gasteiger partial charge in [-0.1, -0.05) is 163 Å². The Labute approximate surface area is 803 Å². The van der Waals surface area contributed by atoms with Crippen LogP contribution in [0.15, 0.2) is 224 Å². The molecule has 0 unspecified atom stereocenters. The van der Waals surface area contributed by atoms with E-state index in [1.54, 1.807) is 30.3 Å². The van der Waals surface area contributed by atoms with Crippen molar-refractivity contribution in [2.75, 3.05) is 28.4 Å². The lowest BCUT2D eigenvalue weighted by Crippen LogP contribution is -2.11. The van der Waals surface area contributed by atoms with Crippen molar-refractivity contribution in [2.45, 2.75) is 219 Å². The Balaban J connectivity index is 0.000000152. The van der Waals surface area contributed by atoms with Gasteiger partial charge in [-0.15, -0.1) is 11.6 Å². The number of allylic oxidation sites excluding steroid dienone is 6. The van der Waals surface area contributed by atoms with Crippen LogP contribution in [0.2, 0.25) is 0 Å². The second kappa shape index (κ2) is 46.1. The molecular formula is C115H122ClF9O12. The molecule has 7 aliphatic carbocycles. The van der Waals surface area contributed by atoms with Gasteiger partial charge in [0.1, 0.15) is 53.7 Å². The van der Waals surface area contributed by atoms with Gasteiger partial charge in [0.05, 0.1) is 54.1 Å². The third kappa shape index (κ3) is 27.2. The van der Waals surface area contributed by atoms with Gasteiger partial charge in [0.25, 0.3) is 19.3 Å². The maximum absolute atomic E-state index is 15.0. The third-order valence-corrected chi connectivity index (χ3v) is 27.9. The van der Waals surface area contributed by atoms with Crippen LogP contribution in [0.5, 0.6) is 23.0 Å². The highest BCUT2D eigenvalue weighted by Crippen LogP contribution is 2.54. The normalized spacial score (nSPS) is 16.9. The quantitative estimate of drug-likeness (QED) is 0.0178. The van der Waals surface area contributed by atoms with Crippen molar-refractivity contribution in [1.29, 1.82) is 0 Å². The van der Waals surface area contributed by atoms with Crippen LogP contribution < -0.4 is 9.47 Å². The van der Waals surface area contributed by atoms with E-state index in [1.165, 1.54) is 46.6 Å². The molecule has 0 spiro atoms. The summed E-state index contributed by atoms with van der Waals surface area (Å²) >= 11 is 5.98.